The standard InChI is InChI=1S/C29H41N7O2/c1-5-8-22(13-16-37)32-28-27-26(33-29(30)34-28)23-9-6-7-10-24(23)36(27)19-21-17-20(11-12-25(21)38-4)18-31-14-15-35(2)3/h6-7,9-12,17,22,31,37H,5,8,13-16,18-19H2,1-4H3,(H3,30,32,33,34)/t22-/m0/s1. The van der Waals surface area contributed by atoms with Crippen LogP contribution in [0, 0.1) is 0 Å². The molecule has 0 aliphatic carbocycles. The number of hydrogen-bond acceptors (Lipinski definition) is 8. The highest BCUT2D eigenvalue weighted by molar-refractivity contribution is 6.09. The molecule has 4 aromatic rings. The summed E-state index contributed by atoms with van der Waals surface area (Å²) in [6, 6.07) is 14.7. The lowest BCUT2D eigenvalue weighted by Gasteiger charge is -2.20. The van der Waals surface area contributed by atoms with Gasteiger partial charge in [-0.2, -0.15) is 4.98 Å². The maximum atomic E-state index is 9.64. The van der Waals surface area contributed by atoms with E-state index < -0.39 is 0 Å². The molecule has 0 spiro atoms. The molecular formula is C29H41N7O2. The molecule has 2 aromatic carbocycles. The monoisotopic (exact) mass is 519 g/mol. The fourth-order valence-corrected chi connectivity index (χ4v) is 4.97. The van der Waals surface area contributed by atoms with E-state index in [9.17, 15) is 5.11 Å². The number of aliphatic hydroxyl groups excluding tert-OH is 1. The Morgan fingerprint density at radius 2 is 1.95 bits per heavy atom. The fourth-order valence-electron chi connectivity index (χ4n) is 4.97. The molecule has 0 saturated carbocycles. The topological polar surface area (TPSA) is 113 Å². The van der Waals surface area contributed by atoms with Crippen LogP contribution in [0.15, 0.2) is 42.5 Å². The zero-order valence-corrected chi connectivity index (χ0v) is 23.0. The van der Waals surface area contributed by atoms with E-state index in [-0.39, 0.29) is 18.6 Å². The summed E-state index contributed by atoms with van der Waals surface area (Å²) in [7, 11) is 5.86. The van der Waals surface area contributed by atoms with Crippen LogP contribution < -0.4 is 21.1 Å². The van der Waals surface area contributed by atoms with Crippen LogP contribution in [0.1, 0.15) is 37.3 Å². The molecule has 0 amide bonds. The Morgan fingerprint density at radius 1 is 1.13 bits per heavy atom. The number of nitrogens with two attached hydrogens (primary N) is 1. The van der Waals surface area contributed by atoms with E-state index in [1.54, 1.807) is 7.11 Å². The minimum atomic E-state index is 0.0834. The van der Waals surface area contributed by atoms with Crippen LogP contribution in [0.5, 0.6) is 5.75 Å². The molecule has 0 radical (unpaired) electrons. The first kappa shape index (κ1) is 27.6. The molecule has 0 saturated heterocycles. The lowest BCUT2D eigenvalue weighted by atomic mass is 10.1. The van der Waals surface area contributed by atoms with Gasteiger partial charge in [-0.3, -0.25) is 0 Å². The number of ether oxygens (including phenoxy) is 1. The number of rotatable bonds is 14. The average Bonchev–Trinajstić information content (AvgIpc) is 3.20. The number of hydrogen-bond donors (Lipinski definition) is 4. The number of aliphatic hydroxyl groups is 1. The first-order valence-corrected chi connectivity index (χ1v) is 13.4. The molecule has 0 aliphatic rings. The van der Waals surface area contributed by atoms with Gasteiger partial charge in [0.05, 0.1) is 19.2 Å². The normalized spacial score (nSPS) is 12.5. The van der Waals surface area contributed by atoms with Gasteiger partial charge in [-0.05, 0) is 50.7 Å². The number of nitrogen functional groups attached to an aromatic ring is 1. The summed E-state index contributed by atoms with van der Waals surface area (Å²) in [5.41, 5.74) is 11.2. The molecule has 2 heterocycles. The molecule has 0 unspecified atom stereocenters. The summed E-state index contributed by atoms with van der Waals surface area (Å²) in [4.78, 5) is 11.5. The molecule has 1 atom stereocenters. The van der Waals surface area contributed by atoms with E-state index in [4.69, 9.17) is 10.5 Å². The van der Waals surface area contributed by atoms with Crippen molar-refractivity contribution in [1.29, 1.82) is 0 Å². The molecule has 5 N–H and O–H groups in total. The summed E-state index contributed by atoms with van der Waals surface area (Å²) in [5, 5.41) is 17.8. The van der Waals surface area contributed by atoms with Gasteiger partial charge in [0.15, 0.2) is 5.82 Å². The maximum Gasteiger partial charge on any atom is 0.222 e. The summed E-state index contributed by atoms with van der Waals surface area (Å²) >= 11 is 0. The minimum absolute atomic E-state index is 0.0834. The highest BCUT2D eigenvalue weighted by atomic mass is 16.5. The maximum absolute atomic E-state index is 9.64. The molecule has 9 heteroatoms. The lowest BCUT2D eigenvalue weighted by Crippen LogP contribution is -2.26. The van der Waals surface area contributed by atoms with Crippen LogP contribution in [0.25, 0.3) is 21.9 Å². The van der Waals surface area contributed by atoms with Crippen molar-refractivity contribution in [1.82, 2.24) is 24.8 Å². The van der Waals surface area contributed by atoms with E-state index in [0.29, 0.717) is 18.8 Å². The smallest absolute Gasteiger partial charge is 0.222 e. The van der Waals surface area contributed by atoms with Crippen molar-refractivity contribution in [3.8, 4) is 5.75 Å². The molecule has 4 rings (SSSR count). The third-order valence-electron chi connectivity index (χ3n) is 6.81. The van der Waals surface area contributed by atoms with Crippen LogP contribution in [-0.2, 0) is 13.1 Å². The predicted molar refractivity (Wildman–Crippen MR) is 156 cm³/mol. The highest BCUT2D eigenvalue weighted by Crippen LogP contribution is 2.34. The number of benzene rings is 2. The van der Waals surface area contributed by atoms with E-state index in [1.807, 2.05) is 18.2 Å². The van der Waals surface area contributed by atoms with Gasteiger partial charge < -0.3 is 35.7 Å². The molecule has 38 heavy (non-hydrogen) atoms. The van der Waals surface area contributed by atoms with Crippen LogP contribution in [0.4, 0.5) is 11.8 Å². The Hall–Kier alpha value is -3.40. The third kappa shape index (κ3) is 6.35. The average molecular weight is 520 g/mol. The number of likely N-dealkylation sites (N-methyl/N-ethyl adjacent to an activating group) is 1. The van der Waals surface area contributed by atoms with Gasteiger partial charge >= 0.3 is 0 Å². The van der Waals surface area contributed by atoms with Crippen LogP contribution in [0.2, 0.25) is 0 Å². The molecule has 204 valence electrons. The summed E-state index contributed by atoms with van der Waals surface area (Å²) < 4.78 is 8.02. The summed E-state index contributed by atoms with van der Waals surface area (Å²) in [5.74, 6) is 1.75. The second kappa shape index (κ2) is 12.9. The van der Waals surface area contributed by atoms with Gasteiger partial charge in [0.25, 0.3) is 0 Å². The summed E-state index contributed by atoms with van der Waals surface area (Å²) in [6.07, 6.45) is 2.55. The number of methoxy groups -OCH3 is 1. The zero-order chi connectivity index (χ0) is 27.1. The largest absolute Gasteiger partial charge is 0.496 e. The molecule has 0 fully saturated rings. The Kier molecular flexibility index (Phi) is 9.38. The van der Waals surface area contributed by atoms with Gasteiger partial charge in [-0.1, -0.05) is 37.6 Å². The van der Waals surface area contributed by atoms with Gasteiger partial charge in [-0.15, -0.1) is 0 Å². The highest BCUT2D eigenvalue weighted by Gasteiger charge is 2.20. The van der Waals surface area contributed by atoms with Gasteiger partial charge in [-0.25, -0.2) is 4.98 Å². The van der Waals surface area contributed by atoms with E-state index in [2.05, 4.69) is 75.4 Å². The van der Waals surface area contributed by atoms with Crippen molar-refractivity contribution in [2.75, 3.05) is 52.0 Å². The van der Waals surface area contributed by atoms with E-state index in [0.717, 1.165) is 65.7 Å². The molecule has 2 aromatic heterocycles. The van der Waals surface area contributed by atoms with Gasteiger partial charge in [0.2, 0.25) is 5.95 Å². The van der Waals surface area contributed by atoms with E-state index >= 15 is 0 Å². The molecular weight excluding hydrogens is 478 g/mol. The first-order valence-electron chi connectivity index (χ1n) is 13.4. The lowest BCUT2D eigenvalue weighted by molar-refractivity contribution is 0.276. The van der Waals surface area contributed by atoms with Crippen molar-refractivity contribution >= 4 is 33.7 Å². The number of anilines is 2. The minimum Gasteiger partial charge on any atom is -0.496 e. The van der Waals surface area contributed by atoms with Crippen LogP contribution in [-0.4, -0.2) is 71.5 Å². The van der Waals surface area contributed by atoms with Crippen molar-refractivity contribution in [3.63, 3.8) is 0 Å². The fraction of sp³-hybridized carbons (Fsp3) is 0.448. The van der Waals surface area contributed by atoms with Crippen molar-refractivity contribution < 1.29 is 9.84 Å². The van der Waals surface area contributed by atoms with Crippen LogP contribution in [0.3, 0.4) is 0 Å². The Morgan fingerprint density at radius 3 is 2.68 bits per heavy atom. The van der Waals surface area contributed by atoms with E-state index in [1.165, 1.54) is 5.56 Å². The second-order valence-corrected chi connectivity index (χ2v) is 10.00. The Labute approximate surface area is 225 Å². The quantitative estimate of drug-likeness (QED) is 0.186. The Balaban J connectivity index is 1.78. The van der Waals surface area contributed by atoms with Crippen molar-refractivity contribution in [2.24, 2.45) is 0 Å². The zero-order valence-electron chi connectivity index (χ0n) is 23.0. The van der Waals surface area contributed by atoms with Gasteiger partial charge in [0.1, 0.15) is 16.8 Å². The Bertz CT molecular complexity index is 1350. The number of aromatic nitrogens is 3. The van der Waals surface area contributed by atoms with Crippen molar-refractivity contribution in [2.45, 2.75) is 45.3 Å². The number of para-hydroxylation sites is 1. The SMILES string of the molecule is CCC[C@@H](CCO)Nc1nc(N)nc2c3ccccc3n(Cc3cc(CNCCN(C)C)ccc3OC)c12. The second-order valence-electron chi connectivity index (χ2n) is 10.00. The summed E-state index contributed by atoms with van der Waals surface area (Å²) in [6.45, 7) is 5.52. The third-order valence-corrected chi connectivity index (χ3v) is 6.81. The molecule has 9 nitrogen and oxygen atoms in total. The molecule has 0 bridgehead atoms. The van der Waals surface area contributed by atoms with Gasteiger partial charge in [0, 0.05) is 43.2 Å². The molecule has 0 aliphatic heterocycles. The predicted octanol–water partition coefficient (Wildman–Crippen LogP) is 3.84. The van der Waals surface area contributed by atoms with Crippen molar-refractivity contribution in [3.05, 3.63) is 53.6 Å². The number of nitrogens with zero attached hydrogens (tertiary/aromatic N) is 4. The first-order chi connectivity index (χ1) is 18.4. The number of fused-ring (bicyclic) bond motifs is 3. The number of nitrogens with one attached hydrogen (secondary N) is 2. The van der Waals surface area contributed by atoms with Crippen LogP contribution >= 0.6 is 0 Å².